The van der Waals surface area contributed by atoms with Crippen LogP contribution in [0.25, 0.3) is 0 Å². The molecule has 0 saturated carbocycles. The van der Waals surface area contributed by atoms with Gasteiger partial charge in [0.25, 0.3) is 0 Å². The van der Waals surface area contributed by atoms with Gasteiger partial charge in [0.15, 0.2) is 5.16 Å². The van der Waals surface area contributed by atoms with Crippen molar-refractivity contribution in [2.45, 2.75) is 18.5 Å². The summed E-state index contributed by atoms with van der Waals surface area (Å²) in [4.78, 5) is 24.3. The summed E-state index contributed by atoms with van der Waals surface area (Å²) in [6.45, 7) is 1.95. The molecule has 150 valence electrons. The molecule has 1 aromatic heterocycles. The van der Waals surface area contributed by atoms with Gasteiger partial charge < -0.3 is 15.2 Å². The van der Waals surface area contributed by atoms with Crippen LogP contribution in [0.2, 0.25) is 0 Å². The highest BCUT2D eigenvalue weighted by Crippen LogP contribution is 2.18. The zero-order valence-corrected chi connectivity index (χ0v) is 16.8. The van der Waals surface area contributed by atoms with E-state index in [1.54, 1.807) is 23.7 Å². The van der Waals surface area contributed by atoms with Crippen LogP contribution in [-0.4, -0.2) is 32.3 Å². The van der Waals surface area contributed by atoms with Gasteiger partial charge in [0.05, 0.1) is 17.9 Å². The first-order valence-electron chi connectivity index (χ1n) is 8.84. The number of aromatic nitrogens is 3. The average molecular weight is 413 g/mol. The molecule has 0 spiro atoms. The number of carbonyl (C=O) groups excluding carboxylic acids is 2. The molecule has 7 nitrogen and oxygen atoms in total. The number of hydrogen-bond donors (Lipinski definition) is 2. The average Bonchev–Trinajstić information content (AvgIpc) is 3.01. The number of para-hydroxylation sites is 1. The molecule has 0 fully saturated rings. The maximum absolute atomic E-state index is 13.6. The molecule has 0 unspecified atom stereocenters. The molecule has 0 aliphatic heterocycles. The molecule has 0 bridgehead atoms. The highest BCUT2D eigenvalue weighted by molar-refractivity contribution is 7.99. The zero-order chi connectivity index (χ0) is 20.8. The van der Waals surface area contributed by atoms with E-state index in [-0.39, 0.29) is 23.8 Å². The molecule has 0 atom stereocenters. The maximum Gasteiger partial charge on any atom is 0.234 e. The van der Waals surface area contributed by atoms with Crippen molar-refractivity contribution in [1.29, 1.82) is 0 Å². The fourth-order valence-corrected chi connectivity index (χ4v) is 3.31. The first kappa shape index (κ1) is 20.5. The van der Waals surface area contributed by atoms with Crippen molar-refractivity contribution in [2.24, 2.45) is 7.05 Å². The number of benzene rings is 2. The van der Waals surface area contributed by atoms with Gasteiger partial charge in [0.2, 0.25) is 11.8 Å². The molecule has 3 rings (SSSR count). The molecular weight excluding hydrogens is 393 g/mol. The highest BCUT2D eigenvalue weighted by atomic mass is 32.2. The van der Waals surface area contributed by atoms with Crippen LogP contribution >= 0.6 is 11.8 Å². The monoisotopic (exact) mass is 413 g/mol. The fourth-order valence-electron chi connectivity index (χ4n) is 2.58. The first-order valence-corrected chi connectivity index (χ1v) is 9.83. The van der Waals surface area contributed by atoms with Crippen LogP contribution in [0, 0.1) is 12.7 Å². The number of aryl methyl sites for hydroxylation is 1. The molecule has 9 heteroatoms. The van der Waals surface area contributed by atoms with Crippen molar-refractivity contribution in [3.05, 3.63) is 65.7 Å². The molecule has 2 aromatic carbocycles. The van der Waals surface area contributed by atoms with Crippen molar-refractivity contribution in [3.8, 4) is 0 Å². The summed E-state index contributed by atoms with van der Waals surface area (Å²) in [6.07, 6.45) is -0.0616. The molecule has 1 heterocycles. The number of halogens is 1. The summed E-state index contributed by atoms with van der Waals surface area (Å²) in [6, 6.07) is 13.5. The molecule has 29 heavy (non-hydrogen) atoms. The van der Waals surface area contributed by atoms with E-state index in [1.807, 2.05) is 31.2 Å². The Hall–Kier alpha value is -3.20. The number of anilines is 2. The van der Waals surface area contributed by atoms with E-state index in [4.69, 9.17) is 0 Å². The second-order valence-electron chi connectivity index (χ2n) is 6.37. The lowest BCUT2D eigenvalue weighted by Gasteiger charge is -2.07. The van der Waals surface area contributed by atoms with Crippen molar-refractivity contribution in [3.63, 3.8) is 0 Å². The Bertz CT molecular complexity index is 1040. The molecule has 0 saturated heterocycles. The van der Waals surface area contributed by atoms with Gasteiger partial charge in [-0.3, -0.25) is 9.59 Å². The van der Waals surface area contributed by atoms with Crippen molar-refractivity contribution in [1.82, 2.24) is 14.8 Å². The third-order valence-electron chi connectivity index (χ3n) is 4.03. The Balaban J connectivity index is 1.54. The summed E-state index contributed by atoms with van der Waals surface area (Å²) < 4.78 is 15.3. The van der Waals surface area contributed by atoms with Gasteiger partial charge in [0.1, 0.15) is 11.6 Å². The van der Waals surface area contributed by atoms with Crippen LogP contribution < -0.4 is 10.6 Å². The topological polar surface area (TPSA) is 88.9 Å². The predicted octanol–water partition coefficient (Wildman–Crippen LogP) is 3.17. The smallest absolute Gasteiger partial charge is 0.234 e. The molecule has 0 radical (unpaired) electrons. The van der Waals surface area contributed by atoms with Crippen LogP contribution in [0.3, 0.4) is 0 Å². The number of rotatable bonds is 7. The number of carbonyl (C=O) groups is 2. The Morgan fingerprint density at radius 1 is 1.07 bits per heavy atom. The largest absolute Gasteiger partial charge is 0.325 e. The lowest BCUT2D eigenvalue weighted by atomic mass is 10.2. The first-order chi connectivity index (χ1) is 13.9. The van der Waals surface area contributed by atoms with E-state index < -0.39 is 11.7 Å². The number of thioether (sulfide) groups is 1. The quantitative estimate of drug-likeness (QED) is 0.581. The number of hydrogen-bond acceptors (Lipinski definition) is 5. The van der Waals surface area contributed by atoms with Crippen molar-refractivity contribution < 1.29 is 14.0 Å². The minimum Gasteiger partial charge on any atom is -0.325 e. The van der Waals surface area contributed by atoms with Gasteiger partial charge in [-0.2, -0.15) is 0 Å². The minimum atomic E-state index is -0.505. The van der Waals surface area contributed by atoms with E-state index in [0.29, 0.717) is 11.0 Å². The van der Waals surface area contributed by atoms with Crippen LogP contribution in [0.4, 0.5) is 15.8 Å². The number of nitrogens with one attached hydrogen (secondary N) is 2. The summed E-state index contributed by atoms with van der Waals surface area (Å²) in [5.74, 6) is -0.502. The van der Waals surface area contributed by atoms with E-state index in [1.165, 1.54) is 23.9 Å². The van der Waals surface area contributed by atoms with Gasteiger partial charge in [-0.15, -0.1) is 10.2 Å². The minimum absolute atomic E-state index is 0.0616. The lowest BCUT2D eigenvalue weighted by Crippen LogP contribution is -2.18. The highest BCUT2D eigenvalue weighted by Gasteiger charge is 2.15. The predicted molar refractivity (Wildman–Crippen MR) is 110 cm³/mol. The summed E-state index contributed by atoms with van der Waals surface area (Å²) in [5.41, 5.74) is 1.91. The second kappa shape index (κ2) is 9.33. The van der Waals surface area contributed by atoms with Gasteiger partial charge >= 0.3 is 0 Å². The third kappa shape index (κ3) is 5.64. The fraction of sp³-hybridized carbons (Fsp3) is 0.200. The number of nitrogens with zero attached hydrogens (tertiary/aromatic N) is 3. The second-order valence-corrected chi connectivity index (χ2v) is 7.31. The Kier molecular flexibility index (Phi) is 6.61. The van der Waals surface area contributed by atoms with E-state index in [2.05, 4.69) is 20.8 Å². The molecule has 0 aliphatic carbocycles. The van der Waals surface area contributed by atoms with Crippen LogP contribution in [-0.2, 0) is 23.1 Å². The van der Waals surface area contributed by atoms with Crippen molar-refractivity contribution in [2.75, 3.05) is 16.4 Å². The van der Waals surface area contributed by atoms with Gasteiger partial charge in [-0.05, 0) is 36.8 Å². The molecule has 2 N–H and O–H groups in total. The van der Waals surface area contributed by atoms with E-state index in [9.17, 15) is 14.0 Å². The Labute approximate surface area is 171 Å². The maximum atomic E-state index is 13.6. The summed E-state index contributed by atoms with van der Waals surface area (Å²) in [7, 11) is 1.71. The molecular formula is C20H20FN5O2S. The van der Waals surface area contributed by atoms with E-state index in [0.717, 1.165) is 11.3 Å². The normalized spacial score (nSPS) is 10.6. The SMILES string of the molecule is Cc1cccc(NC(=O)CSc2nnc(CC(=O)Nc3ccccc3F)n2C)c1. The van der Waals surface area contributed by atoms with Crippen LogP contribution in [0.1, 0.15) is 11.4 Å². The van der Waals surface area contributed by atoms with E-state index >= 15 is 0 Å². The molecule has 2 amide bonds. The van der Waals surface area contributed by atoms with Crippen molar-refractivity contribution >= 4 is 35.0 Å². The van der Waals surface area contributed by atoms with Crippen LogP contribution in [0.5, 0.6) is 0 Å². The summed E-state index contributed by atoms with van der Waals surface area (Å²) >= 11 is 1.22. The third-order valence-corrected chi connectivity index (χ3v) is 5.05. The number of amides is 2. The lowest BCUT2D eigenvalue weighted by molar-refractivity contribution is -0.116. The summed E-state index contributed by atoms with van der Waals surface area (Å²) in [5, 5.41) is 13.9. The molecule has 3 aromatic rings. The Morgan fingerprint density at radius 3 is 2.62 bits per heavy atom. The standard InChI is InChI=1S/C20H20FN5O2S/c1-13-6-5-7-14(10-13)22-19(28)12-29-20-25-24-17(26(20)2)11-18(27)23-16-9-4-3-8-15(16)21/h3-10H,11-12H2,1-2H3,(H,22,28)(H,23,27). The van der Waals surface area contributed by atoms with Gasteiger partial charge in [0, 0.05) is 12.7 Å². The van der Waals surface area contributed by atoms with Gasteiger partial charge in [-0.25, -0.2) is 4.39 Å². The van der Waals surface area contributed by atoms with Gasteiger partial charge in [-0.1, -0.05) is 36.0 Å². The Morgan fingerprint density at radius 2 is 1.86 bits per heavy atom. The zero-order valence-electron chi connectivity index (χ0n) is 16.0. The molecule has 0 aliphatic rings. The van der Waals surface area contributed by atoms with Crippen LogP contribution in [0.15, 0.2) is 53.7 Å².